The molecule has 0 saturated heterocycles. The van der Waals surface area contributed by atoms with E-state index in [0.717, 1.165) is 17.0 Å². The molecule has 116 valence electrons. The first-order valence-electron chi connectivity index (χ1n) is 7.62. The monoisotopic (exact) mass is 307 g/mol. The second kappa shape index (κ2) is 6.24. The average molecular weight is 307 g/mol. The minimum atomic E-state index is -0.273. The highest BCUT2D eigenvalue weighted by Crippen LogP contribution is 2.23. The molecule has 0 spiro atoms. The second-order valence-corrected chi connectivity index (χ2v) is 5.87. The molecule has 3 rings (SSSR count). The van der Waals surface area contributed by atoms with Gasteiger partial charge in [-0.05, 0) is 31.2 Å². The number of hydrogen-bond acceptors (Lipinski definition) is 3. The fourth-order valence-electron chi connectivity index (χ4n) is 2.21. The summed E-state index contributed by atoms with van der Waals surface area (Å²) in [5.41, 5.74) is 2.91. The van der Waals surface area contributed by atoms with Gasteiger partial charge in [0.1, 0.15) is 11.6 Å². The Morgan fingerprint density at radius 3 is 1.70 bits per heavy atom. The molecule has 3 aromatic rings. The first-order valence-corrected chi connectivity index (χ1v) is 7.62. The van der Waals surface area contributed by atoms with Gasteiger partial charge in [-0.15, -0.1) is 0 Å². The van der Waals surface area contributed by atoms with E-state index in [-0.39, 0.29) is 11.7 Å². The number of nitrogens with zero attached hydrogens (tertiary/aromatic N) is 3. The van der Waals surface area contributed by atoms with Crippen LogP contribution in [0.3, 0.4) is 0 Å². The van der Waals surface area contributed by atoms with Crippen molar-refractivity contribution in [3.63, 3.8) is 0 Å². The zero-order valence-corrected chi connectivity index (χ0v) is 13.4. The van der Waals surface area contributed by atoms with Crippen molar-refractivity contribution >= 4 is 0 Å². The number of rotatable bonds is 3. The van der Waals surface area contributed by atoms with E-state index in [1.165, 1.54) is 17.7 Å². The number of aryl methyl sites for hydroxylation is 1. The van der Waals surface area contributed by atoms with E-state index in [4.69, 9.17) is 0 Å². The molecule has 1 aromatic heterocycles. The Hall–Kier alpha value is -2.62. The molecule has 0 N–H and O–H groups in total. The molecule has 3 nitrogen and oxygen atoms in total. The summed E-state index contributed by atoms with van der Waals surface area (Å²) in [5, 5.41) is 0. The minimum absolute atomic E-state index is 0.182. The standard InChI is InChI=1S/C19H18FN3/c1-12(2)17-21-18(14-6-4-13(3)5-7-14)23-19(22-17)15-8-10-16(20)11-9-15/h4-12H,1-3H3. The molecule has 0 radical (unpaired) electrons. The lowest BCUT2D eigenvalue weighted by Gasteiger charge is -2.10. The lowest BCUT2D eigenvalue weighted by atomic mass is 10.1. The van der Waals surface area contributed by atoms with Crippen molar-refractivity contribution in [2.75, 3.05) is 0 Å². The summed E-state index contributed by atoms with van der Waals surface area (Å²) in [6.07, 6.45) is 0. The van der Waals surface area contributed by atoms with Gasteiger partial charge >= 0.3 is 0 Å². The molecule has 0 aliphatic rings. The predicted molar refractivity (Wildman–Crippen MR) is 89.5 cm³/mol. The molecule has 0 saturated carbocycles. The number of benzene rings is 2. The molecular formula is C19H18FN3. The highest BCUT2D eigenvalue weighted by atomic mass is 19.1. The van der Waals surface area contributed by atoms with Crippen LogP contribution in [-0.2, 0) is 0 Å². The Labute approximate surface area is 135 Å². The van der Waals surface area contributed by atoms with E-state index < -0.39 is 0 Å². The van der Waals surface area contributed by atoms with Gasteiger partial charge in [0.15, 0.2) is 11.6 Å². The van der Waals surface area contributed by atoms with Crippen molar-refractivity contribution < 1.29 is 4.39 Å². The summed E-state index contributed by atoms with van der Waals surface area (Å²) in [6, 6.07) is 14.3. The van der Waals surface area contributed by atoms with Crippen LogP contribution in [0.15, 0.2) is 48.5 Å². The van der Waals surface area contributed by atoms with Gasteiger partial charge in [0.25, 0.3) is 0 Å². The predicted octanol–water partition coefficient (Wildman–Crippen LogP) is 4.78. The third-order valence-corrected chi connectivity index (χ3v) is 3.58. The topological polar surface area (TPSA) is 38.7 Å². The van der Waals surface area contributed by atoms with Crippen LogP contribution >= 0.6 is 0 Å². The van der Waals surface area contributed by atoms with E-state index in [2.05, 4.69) is 15.0 Å². The quantitative estimate of drug-likeness (QED) is 0.699. The maximum absolute atomic E-state index is 13.1. The van der Waals surface area contributed by atoms with Gasteiger partial charge in [-0.2, -0.15) is 0 Å². The smallest absolute Gasteiger partial charge is 0.163 e. The van der Waals surface area contributed by atoms with E-state index in [0.29, 0.717) is 11.6 Å². The molecule has 0 atom stereocenters. The van der Waals surface area contributed by atoms with Crippen LogP contribution in [0.4, 0.5) is 4.39 Å². The first kappa shape index (κ1) is 15.3. The van der Waals surface area contributed by atoms with Gasteiger partial charge in [0, 0.05) is 17.0 Å². The normalized spacial score (nSPS) is 11.0. The van der Waals surface area contributed by atoms with E-state index in [1.54, 1.807) is 12.1 Å². The van der Waals surface area contributed by atoms with Crippen LogP contribution in [0, 0.1) is 12.7 Å². The van der Waals surface area contributed by atoms with Crippen LogP contribution in [0.2, 0.25) is 0 Å². The molecule has 0 bridgehead atoms. The van der Waals surface area contributed by atoms with Crippen LogP contribution in [-0.4, -0.2) is 15.0 Å². The van der Waals surface area contributed by atoms with Gasteiger partial charge in [-0.1, -0.05) is 43.7 Å². The lowest BCUT2D eigenvalue weighted by Crippen LogP contribution is -2.04. The fourth-order valence-corrected chi connectivity index (χ4v) is 2.21. The Morgan fingerprint density at radius 2 is 1.22 bits per heavy atom. The molecule has 1 heterocycles. The second-order valence-electron chi connectivity index (χ2n) is 5.87. The Balaban J connectivity index is 2.13. The Bertz CT molecular complexity index is 745. The van der Waals surface area contributed by atoms with E-state index in [1.807, 2.05) is 45.0 Å². The van der Waals surface area contributed by atoms with E-state index >= 15 is 0 Å². The summed E-state index contributed by atoms with van der Waals surface area (Å²) < 4.78 is 13.1. The zero-order chi connectivity index (χ0) is 16.4. The molecule has 0 fully saturated rings. The zero-order valence-electron chi connectivity index (χ0n) is 13.4. The van der Waals surface area contributed by atoms with Crippen molar-refractivity contribution in [2.24, 2.45) is 0 Å². The van der Waals surface area contributed by atoms with Crippen LogP contribution in [0.5, 0.6) is 0 Å². The summed E-state index contributed by atoms with van der Waals surface area (Å²) in [5.74, 6) is 1.85. The van der Waals surface area contributed by atoms with Crippen molar-refractivity contribution in [3.05, 3.63) is 65.7 Å². The molecule has 23 heavy (non-hydrogen) atoms. The van der Waals surface area contributed by atoms with Gasteiger partial charge in [0.05, 0.1) is 0 Å². The SMILES string of the molecule is Cc1ccc(-c2nc(-c3ccc(F)cc3)nc(C(C)C)n2)cc1. The highest BCUT2D eigenvalue weighted by Gasteiger charge is 2.12. The lowest BCUT2D eigenvalue weighted by molar-refractivity contribution is 0.628. The molecule has 0 unspecified atom stereocenters. The summed E-state index contributed by atoms with van der Waals surface area (Å²) in [7, 11) is 0. The van der Waals surface area contributed by atoms with Crippen LogP contribution < -0.4 is 0 Å². The third-order valence-electron chi connectivity index (χ3n) is 3.58. The maximum Gasteiger partial charge on any atom is 0.163 e. The first-order chi connectivity index (χ1) is 11.0. The largest absolute Gasteiger partial charge is 0.213 e. The Kier molecular flexibility index (Phi) is 4.15. The molecule has 4 heteroatoms. The van der Waals surface area contributed by atoms with Crippen LogP contribution in [0.1, 0.15) is 31.2 Å². The van der Waals surface area contributed by atoms with Gasteiger partial charge < -0.3 is 0 Å². The average Bonchev–Trinajstić information content (AvgIpc) is 2.55. The highest BCUT2D eigenvalue weighted by molar-refractivity contribution is 5.61. The molecular weight excluding hydrogens is 289 g/mol. The molecule has 0 aliphatic carbocycles. The van der Waals surface area contributed by atoms with Crippen molar-refractivity contribution in [1.29, 1.82) is 0 Å². The van der Waals surface area contributed by atoms with E-state index in [9.17, 15) is 4.39 Å². The van der Waals surface area contributed by atoms with Gasteiger partial charge in [-0.3, -0.25) is 0 Å². The maximum atomic E-state index is 13.1. The van der Waals surface area contributed by atoms with Gasteiger partial charge in [0.2, 0.25) is 0 Å². The van der Waals surface area contributed by atoms with Crippen molar-refractivity contribution in [2.45, 2.75) is 26.7 Å². The molecule has 0 aliphatic heterocycles. The van der Waals surface area contributed by atoms with Crippen molar-refractivity contribution in [1.82, 2.24) is 15.0 Å². The fraction of sp³-hybridized carbons (Fsp3) is 0.211. The number of hydrogen-bond donors (Lipinski definition) is 0. The van der Waals surface area contributed by atoms with Crippen LogP contribution in [0.25, 0.3) is 22.8 Å². The number of aromatic nitrogens is 3. The summed E-state index contributed by atoms with van der Waals surface area (Å²) in [6.45, 7) is 6.13. The molecule has 2 aromatic carbocycles. The minimum Gasteiger partial charge on any atom is -0.213 e. The van der Waals surface area contributed by atoms with Gasteiger partial charge in [-0.25, -0.2) is 19.3 Å². The third kappa shape index (κ3) is 3.42. The number of halogens is 1. The Morgan fingerprint density at radius 1 is 0.739 bits per heavy atom. The summed E-state index contributed by atoms with van der Waals surface area (Å²) in [4.78, 5) is 13.7. The molecule has 0 amide bonds. The summed E-state index contributed by atoms with van der Waals surface area (Å²) >= 11 is 0. The van der Waals surface area contributed by atoms with Crippen molar-refractivity contribution in [3.8, 4) is 22.8 Å².